The minimum atomic E-state index is -4.92. The molecule has 60 valence electrons. The van der Waals surface area contributed by atoms with Crippen molar-refractivity contribution in [3.05, 3.63) is 12.7 Å². The van der Waals surface area contributed by atoms with E-state index >= 15 is 0 Å². The Hall–Kier alpha value is 0.651. The van der Waals surface area contributed by atoms with Crippen LogP contribution >= 0.6 is 0 Å². The number of carboxylic acids is 1. The van der Waals surface area contributed by atoms with Gasteiger partial charge in [-0.2, -0.15) is 0 Å². The van der Waals surface area contributed by atoms with Gasteiger partial charge in [-0.15, -0.1) is 0 Å². The quantitative estimate of drug-likeness (QED) is 0.249. The molecule has 0 aliphatic carbocycles. The van der Waals surface area contributed by atoms with Gasteiger partial charge in [0, 0.05) is 0 Å². The topological polar surface area (TPSA) is 118 Å². The molecule has 0 radical (unpaired) electrons. The summed E-state index contributed by atoms with van der Waals surface area (Å²) in [4.78, 5) is 9.14. The predicted octanol–water partition coefficient (Wildman–Crippen LogP) is -2.45. The number of carbonyl (C=O) groups excluding carboxylic acids is 1. The number of rotatable bonds is 1. The fourth-order valence-corrected chi connectivity index (χ4v) is 0. The van der Waals surface area contributed by atoms with Crippen LogP contribution in [0.1, 0.15) is 0 Å². The van der Waals surface area contributed by atoms with Crippen molar-refractivity contribution in [1.29, 1.82) is 0 Å². The normalized spacial score (nSPS) is 8.18. The van der Waals surface area contributed by atoms with E-state index in [0.29, 0.717) is 0 Å². The minimum Gasteiger partial charge on any atom is -0.726 e. The van der Waals surface area contributed by atoms with Crippen LogP contribution in [0.5, 0.6) is 0 Å². The maximum Gasteiger partial charge on any atom is 2.00 e. The molecule has 0 saturated carbocycles. The van der Waals surface area contributed by atoms with Crippen molar-refractivity contribution in [3.63, 3.8) is 0 Å². The van der Waals surface area contributed by atoms with Gasteiger partial charge in [-0.3, -0.25) is 4.55 Å². The van der Waals surface area contributed by atoms with Crippen LogP contribution in [0, 0.1) is 0 Å². The smallest absolute Gasteiger partial charge is 0.726 e. The maximum absolute atomic E-state index is 9.14. The first kappa shape index (κ1) is 17.7. The second kappa shape index (κ2) is 8.75. The Morgan fingerprint density at radius 1 is 1.55 bits per heavy atom. The number of hydrogen-bond acceptors (Lipinski definition) is 5. The van der Waals surface area contributed by atoms with Gasteiger partial charge >= 0.3 is 48.9 Å². The second-order valence-corrected chi connectivity index (χ2v) is 1.81. The number of aliphatic carboxylic acids is 1. The molecule has 8 heteroatoms. The van der Waals surface area contributed by atoms with Gasteiger partial charge in [0.05, 0.1) is 5.97 Å². The molecular formula is C3H4BaO6S. The van der Waals surface area contributed by atoms with Crippen LogP contribution in [0.15, 0.2) is 12.7 Å². The first-order chi connectivity index (χ1) is 4.27. The molecule has 0 fully saturated rings. The van der Waals surface area contributed by atoms with Crippen molar-refractivity contribution in [2.75, 3.05) is 0 Å². The largest absolute Gasteiger partial charge is 2.00 e. The van der Waals surface area contributed by atoms with Crippen LogP contribution < -0.4 is 5.11 Å². The summed E-state index contributed by atoms with van der Waals surface area (Å²) in [5, 5.41) is 9.14. The van der Waals surface area contributed by atoms with Crippen LogP contribution in [-0.4, -0.2) is 72.4 Å². The molecule has 1 N–H and O–H groups in total. The van der Waals surface area contributed by atoms with E-state index in [1.165, 1.54) is 0 Å². The molecule has 11 heavy (non-hydrogen) atoms. The van der Waals surface area contributed by atoms with Gasteiger partial charge in [-0.25, -0.2) is 8.42 Å². The molecular weight excluding hydrogens is 301 g/mol. The fraction of sp³-hybridized carbons (Fsp3) is 0. The van der Waals surface area contributed by atoms with Crippen molar-refractivity contribution in [3.8, 4) is 0 Å². The Labute approximate surface area is 104 Å². The summed E-state index contributed by atoms with van der Waals surface area (Å²) in [5.41, 5.74) is 0. The Bertz CT molecular complexity index is 198. The van der Waals surface area contributed by atoms with E-state index in [9.17, 15) is 0 Å². The molecule has 0 aliphatic rings. The monoisotopic (exact) mass is 306 g/mol. The van der Waals surface area contributed by atoms with Gasteiger partial charge in [-0.05, 0) is 6.08 Å². The molecule has 0 rings (SSSR count). The van der Waals surface area contributed by atoms with E-state index in [0.717, 1.165) is 6.08 Å². The summed E-state index contributed by atoms with van der Waals surface area (Å²) in [6, 6.07) is 0. The van der Waals surface area contributed by atoms with E-state index in [2.05, 4.69) is 6.58 Å². The molecule has 0 atom stereocenters. The van der Waals surface area contributed by atoms with E-state index in [1.54, 1.807) is 0 Å². The molecule has 6 nitrogen and oxygen atoms in total. The molecule has 0 unspecified atom stereocenters. The standard InChI is InChI=1S/C3H4O2.Ba.H2O4S/c1-2-3(4)5;;1-5(2,3)4/h2H,1H2,(H,4,5);;(H2,1,2,3,4)/q;+2;/p-2. The summed E-state index contributed by atoms with van der Waals surface area (Å²) >= 11 is 0. The number of carboxylic acid groups (broad SMARTS) is 1. The average Bonchev–Trinajstić information content (AvgIpc) is 1.61. The molecule has 0 saturated heterocycles. The van der Waals surface area contributed by atoms with Crippen LogP contribution in [-0.2, 0) is 15.2 Å². The second-order valence-electron chi connectivity index (χ2n) is 0.951. The summed E-state index contributed by atoms with van der Waals surface area (Å²) in [6.07, 6.45) is 0.722. The van der Waals surface area contributed by atoms with Gasteiger partial charge in [0.1, 0.15) is 0 Å². The predicted molar refractivity (Wildman–Crippen MR) is 33.3 cm³/mol. The number of carbonyl (C=O) groups is 1. The van der Waals surface area contributed by atoms with Gasteiger partial charge in [0.2, 0.25) is 10.4 Å². The Kier molecular flexibility index (Phi) is 14.0. The summed E-state index contributed by atoms with van der Waals surface area (Å²) in [5.74, 6) is -1.23. The summed E-state index contributed by atoms with van der Waals surface area (Å²) < 4.78 is 32.8. The van der Waals surface area contributed by atoms with Gasteiger partial charge in [0.25, 0.3) is 0 Å². The SMILES string of the molecule is C=CC(=O)[O-].O=S(=O)([O-])O.[Ba+2]. The average molecular weight is 305 g/mol. The fourth-order valence-electron chi connectivity index (χ4n) is 0. The van der Waals surface area contributed by atoms with Crippen LogP contribution in [0.4, 0.5) is 0 Å². The van der Waals surface area contributed by atoms with Crippen molar-refractivity contribution in [1.82, 2.24) is 0 Å². The molecule has 0 amide bonds. The van der Waals surface area contributed by atoms with Crippen molar-refractivity contribution in [2.45, 2.75) is 0 Å². The first-order valence-electron chi connectivity index (χ1n) is 1.79. The van der Waals surface area contributed by atoms with Gasteiger partial charge in [-0.1, -0.05) is 6.58 Å². The molecule has 0 aromatic heterocycles. The molecule has 0 bridgehead atoms. The Balaban J connectivity index is -0.000000107. The molecule has 0 aromatic rings. The Morgan fingerprint density at radius 3 is 1.64 bits per heavy atom. The first-order valence-corrected chi connectivity index (χ1v) is 3.15. The van der Waals surface area contributed by atoms with Crippen molar-refractivity contribution < 1.29 is 27.4 Å². The molecule has 0 heterocycles. The third-order valence-electron chi connectivity index (χ3n) is 0.167. The zero-order valence-electron chi connectivity index (χ0n) is 5.39. The van der Waals surface area contributed by atoms with Crippen molar-refractivity contribution >= 4 is 65.2 Å². The van der Waals surface area contributed by atoms with Crippen molar-refractivity contribution in [2.24, 2.45) is 0 Å². The van der Waals surface area contributed by atoms with Gasteiger partial charge < -0.3 is 14.5 Å². The third-order valence-corrected chi connectivity index (χ3v) is 0.167. The molecule has 0 spiro atoms. The van der Waals surface area contributed by atoms with Crippen LogP contribution in [0.25, 0.3) is 0 Å². The molecule has 0 aliphatic heterocycles. The van der Waals surface area contributed by atoms with E-state index < -0.39 is 16.4 Å². The zero-order valence-corrected chi connectivity index (χ0v) is 10.6. The summed E-state index contributed by atoms with van der Waals surface area (Å²) in [7, 11) is -4.92. The zero-order chi connectivity index (χ0) is 8.78. The van der Waals surface area contributed by atoms with E-state index in [-0.39, 0.29) is 48.9 Å². The van der Waals surface area contributed by atoms with Crippen LogP contribution in [0.2, 0.25) is 0 Å². The van der Waals surface area contributed by atoms with E-state index in [1.807, 2.05) is 0 Å². The van der Waals surface area contributed by atoms with E-state index in [4.69, 9.17) is 27.4 Å². The Morgan fingerprint density at radius 2 is 1.64 bits per heavy atom. The summed E-state index contributed by atoms with van der Waals surface area (Å²) in [6.45, 7) is 2.90. The van der Waals surface area contributed by atoms with Crippen LogP contribution in [0.3, 0.4) is 0 Å². The molecule has 0 aromatic carbocycles. The maximum atomic E-state index is 9.14. The minimum absolute atomic E-state index is 0. The van der Waals surface area contributed by atoms with Gasteiger partial charge in [0.15, 0.2) is 0 Å². The third kappa shape index (κ3) is 113. The number of hydrogen-bond donors (Lipinski definition) is 1.